The van der Waals surface area contributed by atoms with Crippen molar-refractivity contribution in [3.8, 4) is 0 Å². The third-order valence-electron chi connectivity index (χ3n) is 2.92. The first-order valence-corrected chi connectivity index (χ1v) is 7.81. The molecule has 1 aromatic rings. The second kappa shape index (κ2) is 6.74. The van der Waals surface area contributed by atoms with Gasteiger partial charge in [-0.2, -0.15) is 0 Å². The summed E-state index contributed by atoms with van der Waals surface area (Å²) in [6, 6.07) is 4.35. The summed E-state index contributed by atoms with van der Waals surface area (Å²) in [5.74, 6) is 0. The summed E-state index contributed by atoms with van der Waals surface area (Å²) in [6.07, 6.45) is 2.84. The summed E-state index contributed by atoms with van der Waals surface area (Å²) in [5.41, 5.74) is 0. The smallest absolute Gasteiger partial charge is 0.0599 e. The lowest BCUT2D eigenvalue weighted by molar-refractivity contribution is 0.0143. The Kier molecular flexibility index (Phi) is 5.29. The normalized spacial score (nSPS) is 19.1. The summed E-state index contributed by atoms with van der Waals surface area (Å²) in [5, 5.41) is 3.10. The largest absolute Gasteiger partial charge is 0.377 e. The van der Waals surface area contributed by atoms with E-state index >= 15 is 0 Å². The predicted molar refractivity (Wildman–Crippen MR) is 72.4 cm³/mol. The molecule has 1 aromatic heterocycles. The van der Waals surface area contributed by atoms with E-state index in [4.69, 9.17) is 4.74 Å². The number of alkyl halides is 1. The molecule has 1 aliphatic heterocycles. The summed E-state index contributed by atoms with van der Waals surface area (Å²) in [7, 11) is 0. The molecule has 4 heteroatoms. The van der Waals surface area contributed by atoms with Gasteiger partial charge < -0.3 is 4.74 Å². The minimum absolute atomic E-state index is 0.483. The van der Waals surface area contributed by atoms with E-state index in [2.05, 4.69) is 38.3 Å². The Labute approximate surface area is 110 Å². The molecule has 0 saturated carbocycles. The number of ether oxygens (including phenoxy) is 1. The molecule has 90 valence electrons. The molecule has 0 amide bonds. The molecule has 1 fully saturated rings. The summed E-state index contributed by atoms with van der Waals surface area (Å²) < 4.78 is 5.74. The Morgan fingerprint density at radius 1 is 1.44 bits per heavy atom. The molecule has 0 bridgehead atoms. The summed E-state index contributed by atoms with van der Waals surface area (Å²) in [4.78, 5) is 4.00. The lowest BCUT2D eigenvalue weighted by atomic mass is 10.1. The molecule has 1 saturated heterocycles. The number of halogens is 1. The van der Waals surface area contributed by atoms with Crippen molar-refractivity contribution in [2.24, 2.45) is 0 Å². The van der Waals surface area contributed by atoms with Gasteiger partial charge in [-0.25, -0.2) is 0 Å². The monoisotopic (exact) mass is 303 g/mol. The summed E-state index contributed by atoms with van der Waals surface area (Å²) in [6.45, 7) is 4.30. The van der Waals surface area contributed by atoms with Crippen molar-refractivity contribution >= 4 is 27.3 Å². The molecule has 0 aromatic carbocycles. The number of hydrogen-bond donors (Lipinski definition) is 0. The third kappa shape index (κ3) is 3.84. The molecule has 0 atom stereocenters. The second-order valence-electron chi connectivity index (χ2n) is 4.11. The molecule has 2 heterocycles. The van der Waals surface area contributed by atoms with Crippen LogP contribution in [0.5, 0.6) is 0 Å². The van der Waals surface area contributed by atoms with Gasteiger partial charge in [-0.05, 0) is 24.3 Å². The van der Waals surface area contributed by atoms with Gasteiger partial charge in [0.25, 0.3) is 0 Å². The number of thiophene rings is 1. The Hall–Kier alpha value is 0.100. The minimum atomic E-state index is 0.483. The van der Waals surface area contributed by atoms with Crippen molar-refractivity contribution in [2.75, 3.05) is 25.0 Å². The fourth-order valence-corrected chi connectivity index (χ4v) is 3.00. The molecule has 0 unspecified atom stereocenters. The highest BCUT2D eigenvalue weighted by Crippen LogP contribution is 2.18. The van der Waals surface area contributed by atoms with Crippen molar-refractivity contribution in [3.63, 3.8) is 0 Å². The van der Waals surface area contributed by atoms with E-state index in [9.17, 15) is 0 Å². The van der Waals surface area contributed by atoms with Gasteiger partial charge in [0.1, 0.15) is 0 Å². The van der Waals surface area contributed by atoms with E-state index in [1.165, 1.54) is 30.8 Å². The molecule has 0 N–H and O–H groups in total. The number of nitrogens with zero attached hydrogens (tertiary/aromatic N) is 1. The van der Waals surface area contributed by atoms with Crippen LogP contribution < -0.4 is 0 Å². The highest BCUT2D eigenvalue weighted by atomic mass is 79.9. The van der Waals surface area contributed by atoms with Crippen LogP contribution in [0.2, 0.25) is 0 Å². The SMILES string of the molecule is BrCCOC1CCN(Cc2cccs2)CC1. The number of piperidine rings is 1. The van der Waals surface area contributed by atoms with Crippen LogP contribution in [0.1, 0.15) is 17.7 Å². The average Bonchev–Trinajstić information content (AvgIpc) is 2.81. The Morgan fingerprint density at radius 3 is 2.88 bits per heavy atom. The molecule has 0 spiro atoms. The first-order valence-electron chi connectivity index (χ1n) is 5.81. The zero-order valence-corrected chi connectivity index (χ0v) is 11.8. The summed E-state index contributed by atoms with van der Waals surface area (Å²) >= 11 is 5.25. The first kappa shape index (κ1) is 12.6. The Bertz CT molecular complexity index is 283. The molecule has 0 aliphatic carbocycles. The van der Waals surface area contributed by atoms with Crippen molar-refractivity contribution < 1.29 is 4.74 Å². The van der Waals surface area contributed by atoms with Crippen LogP contribution in [0.3, 0.4) is 0 Å². The lowest BCUT2D eigenvalue weighted by Gasteiger charge is -2.31. The average molecular weight is 304 g/mol. The molecule has 2 nitrogen and oxygen atoms in total. The van der Waals surface area contributed by atoms with Gasteiger partial charge in [-0.3, -0.25) is 4.90 Å². The fraction of sp³-hybridized carbons (Fsp3) is 0.667. The van der Waals surface area contributed by atoms with Crippen LogP contribution in [0.4, 0.5) is 0 Å². The maximum absolute atomic E-state index is 5.74. The van der Waals surface area contributed by atoms with Gasteiger partial charge in [0.05, 0.1) is 12.7 Å². The van der Waals surface area contributed by atoms with E-state index in [1.54, 1.807) is 0 Å². The molecular weight excluding hydrogens is 286 g/mol. The third-order valence-corrected chi connectivity index (χ3v) is 4.11. The van der Waals surface area contributed by atoms with Crippen molar-refractivity contribution in [2.45, 2.75) is 25.5 Å². The van der Waals surface area contributed by atoms with Crippen LogP contribution >= 0.6 is 27.3 Å². The predicted octanol–water partition coefficient (Wildman–Crippen LogP) is 3.12. The Morgan fingerprint density at radius 2 is 2.25 bits per heavy atom. The maximum Gasteiger partial charge on any atom is 0.0599 e. The zero-order chi connectivity index (χ0) is 11.2. The van der Waals surface area contributed by atoms with Gasteiger partial charge in [0.2, 0.25) is 0 Å². The van der Waals surface area contributed by atoms with Crippen LogP contribution in [0.25, 0.3) is 0 Å². The van der Waals surface area contributed by atoms with Crippen LogP contribution in [0, 0.1) is 0 Å². The lowest BCUT2D eigenvalue weighted by Crippen LogP contribution is -2.36. The highest BCUT2D eigenvalue weighted by molar-refractivity contribution is 9.09. The van der Waals surface area contributed by atoms with Crippen LogP contribution in [-0.4, -0.2) is 36.0 Å². The van der Waals surface area contributed by atoms with Gasteiger partial charge in [-0.15, -0.1) is 11.3 Å². The van der Waals surface area contributed by atoms with E-state index in [1.807, 2.05) is 11.3 Å². The molecule has 2 rings (SSSR count). The van der Waals surface area contributed by atoms with E-state index < -0.39 is 0 Å². The van der Waals surface area contributed by atoms with Gasteiger partial charge in [0.15, 0.2) is 0 Å². The number of hydrogen-bond acceptors (Lipinski definition) is 3. The molecule has 16 heavy (non-hydrogen) atoms. The molecular formula is C12H18BrNOS. The quantitative estimate of drug-likeness (QED) is 0.775. The standard InChI is InChI=1S/C12H18BrNOS/c13-5-8-15-11-3-6-14(7-4-11)10-12-2-1-9-16-12/h1-2,9,11H,3-8,10H2. The fourth-order valence-electron chi connectivity index (χ4n) is 2.07. The molecule has 1 aliphatic rings. The number of rotatable bonds is 5. The topological polar surface area (TPSA) is 12.5 Å². The van der Waals surface area contributed by atoms with E-state index in [0.717, 1.165) is 18.5 Å². The zero-order valence-electron chi connectivity index (χ0n) is 9.40. The van der Waals surface area contributed by atoms with Gasteiger partial charge >= 0.3 is 0 Å². The molecule has 0 radical (unpaired) electrons. The van der Waals surface area contributed by atoms with Crippen molar-refractivity contribution in [1.82, 2.24) is 4.90 Å². The minimum Gasteiger partial charge on any atom is -0.377 e. The van der Waals surface area contributed by atoms with Gasteiger partial charge in [-0.1, -0.05) is 22.0 Å². The second-order valence-corrected chi connectivity index (χ2v) is 5.94. The van der Waals surface area contributed by atoms with Crippen LogP contribution in [-0.2, 0) is 11.3 Å². The van der Waals surface area contributed by atoms with Gasteiger partial charge in [0, 0.05) is 29.8 Å². The number of likely N-dealkylation sites (tertiary alicyclic amines) is 1. The van der Waals surface area contributed by atoms with E-state index in [0.29, 0.717) is 6.10 Å². The highest BCUT2D eigenvalue weighted by Gasteiger charge is 2.19. The first-order chi connectivity index (χ1) is 7.88. The maximum atomic E-state index is 5.74. The Balaban J connectivity index is 1.69. The van der Waals surface area contributed by atoms with Crippen molar-refractivity contribution in [3.05, 3.63) is 22.4 Å². The van der Waals surface area contributed by atoms with E-state index in [-0.39, 0.29) is 0 Å². The van der Waals surface area contributed by atoms with Crippen molar-refractivity contribution in [1.29, 1.82) is 0 Å². The van der Waals surface area contributed by atoms with Crippen LogP contribution in [0.15, 0.2) is 17.5 Å².